The molecule has 0 aromatic heterocycles. The Labute approximate surface area is 121 Å². The highest BCUT2D eigenvalue weighted by molar-refractivity contribution is 6.76. The molecule has 2 aliphatic rings. The van der Waals surface area contributed by atoms with Gasteiger partial charge in [-0.25, -0.2) is 0 Å². The Morgan fingerprint density at radius 3 is 2.80 bits per heavy atom. The molecule has 7 heteroatoms. The van der Waals surface area contributed by atoms with E-state index >= 15 is 0 Å². The number of aliphatic hydroxyl groups excluding tert-OH is 1. The molecule has 0 spiro atoms. The normalized spacial score (nSPS) is 30.2. The molecule has 2 unspecified atom stereocenters. The van der Waals surface area contributed by atoms with E-state index in [0.29, 0.717) is 26.2 Å². The van der Waals surface area contributed by atoms with Crippen molar-refractivity contribution < 1.29 is 9.84 Å². The first kappa shape index (κ1) is 15.6. The van der Waals surface area contributed by atoms with Crippen molar-refractivity contribution in [2.45, 2.75) is 44.3 Å². The summed E-state index contributed by atoms with van der Waals surface area (Å²) in [5, 5.41) is 24.7. The van der Waals surface area contributed by atoms with Crippen LogP contribution in [0.15, 0.2) is 15.3 Å². The van der Waals surface area contributed by atoms with E-state index in [-0.39, 0.29) is 18.1 Å². The first-order chi connectivity index (χ1) is 9.47. The maximum Gasteiger partial charge on any atom is 0.135 e. The Morgan fingerprint density at radius 2 is 2.05 bits per heavy atom. The zero-order valence-corrected chi connectivity index (χ0v) is 13.7. The predicted octanol–water partition coefficient (Wildman–Crippen LogP) is 1.80. The van der Waals surface area contributed by atoms with Gasteiger partial charge in [0.1, 0.15) is 6.73 Å². The SMILES string of the molecule is C[Si](C)(C)CCOCN1N=CCC(O)[C@H]2CN=NCC21. The summed E-state index contributed by atoms with van der Waals surface area (Å²) in [7, 11) is -1.05. The molecule has 2 rings (SSSR count). The molecule has 0 amide bonds. The fraction of sp³-hybridized carbons (Fsp3) is 0.923. The minimum absolute atomic E-state index is 0.105. The van der Waals surface area contributed by atoms with Crippen LogP contribution in [0.4, 0.5) is 0 Å². The summed E-state index contributed by atoms with van der Waals surface area (Å²) in [6, 6.07) is 1.26. The van der Waals surface area contributed by atoms with Crippen LogP contribution in [0.2, 0.25) is 25.7 Å². The van der Waals surface area contributed by atoms with Gasteiger partial charge in [-0.2, -0.15) is 15.3 Å². The number of azo groups is 1. The monoisotopic (exact) mass is 298 g/mol. The fourth-order valence-electron chi connectivity index (χ4n) is 2.43. The Kier molecular flexibility index (Phi) is 5.28. The molecular formula is C13H26N4O2Si. The summed E-state index contributed by atoms with van der Waals surface area (Å²) in [5.41, 5.74) is 0. The van der Waals surface area contributed by atoms with Crippen molar-refractivity contribution in [3.63, 3.8) is 0 Å². The zero-order valence-electron chi connectivity index (χ0n) is 12.7. The number of rotatable bonds is 5. The Balaban J connectivity index is 1.87. The highest BCUT2D eigenvalue weighted by Crippen LogP contribution is 2.24. The van der Waals surface area contributed by atoms with Crippen molar-refractivity contribution in [2.24, 2.45) is 21.2 Å². The first-order valence-corrected chi connectivity index (χ1v) is 11.1. The molecule has 20 heavy (non-hydrogen) atoms. The Hall–Kier alpha value is -0.793. The molecule has 6 nitrogen and oxygen atoms in total. The van der Waals surface area contributed by atoms with Gasteiger partial charge in [0.05, 0.1) is 25.2 Å². The minimum Gasteiger partial charge on any atom is -0.392 e. The first-order valence-electron chi connectivity index (χ1n) is 7.35. The molecule has 0 aliphatic carbocycles. The van der Waals surface area contributed by atoms with Crippen LogP contribution in [0.5, 0.6) is 0 Å². The van der Waals surface area contributed by atoms with Crippen molar-refractivity contribution >= 4 is 14.3 Å². The maximum atomic E-state index is 10.1. The van der Waals surface area contributed by atoms with Gasteiger partial charge in [0, 0.05) is 33.2 Å². The van der Waals surface area contributed by atoms with E-state index in [0.717, 1.165) is 12.7 Å². The van der Waals surface area contributed by atoms with Crippen molar-refractivity contribution in [3.8, 4) is 0 Å². The molecule has 0 saturated carbocycles. The molecule has 2 heterocycles. The van der Waals surface area contributed by atoms with E-state index in [1.165, 1.54) is 0 Å². The van der Waals surface area contributed by atoms with Gasteiger partial charge in [-0.15, -0.1) is 0 Å². The topological polar surface area (TPSA) is 69.8 Å². The number of hydrogen-bond donors (Lipinski definition) is 1. The van der Waals surface area contributed by atoms with E-state index < -0.39 is 8.07 Å². The lowest BCUT2D eigenvalue weighted by Gasteiger charge is -2.35. The lowest BCUT2D eigenvalue weighted by molar-refractivity contribution is -0.0224. The summed E-state index contributed by atoms with van der Waals surface area (Å²) in [4.78, 5) is 0. The maximum absolute atomic E-state index is 10.1. The lowest BCUT2D eigenvalue weighted by Crippen LogP contribution is -2.46. The summed E-state index contributed by atoms with van der Waals surface area (Å²) >= 11 is 0. The molecule has 0 bridgehead atoms. The van der Waals surface area contributed by atoms with Gasteiger partial charge in [-0.3, -0.25) is 5.01 Å². The molecule has 1 N–H and O–H groups in total. The zero-order chi connectivity index (χ0) is 14.6. The summed E-state index contributed by atoms with van der Waals surface area (Å²) < 4.78 is 5.78. The van der Waals surface area contributed by atoms with E-state index in [1.54, 1.807) is 6.21 Å². The molecule has 0 aromatic rings. The number of fused-ring (bicyclic) bond motifs is 1. The van der Waals surface area contributed by atoms with Crippen LogP contribution < -0.4 is 0 Å². The van der Waals surface area contributed by atoms with Gasteiger partial charge >= 0.3 is 0 Å². The molecule has 0 aromatic carbocycles. The van der Waals surface area contributed by atoms with Crippen LogP contribution in [0, 0.1) is 5.92 Å². The third-order valence-corrected chi connectivity index (χ3v) is 5.53. The number of aliphatic hydroxyl groups is 1. The van der Waals surface area contributed by atoms with Crippen LogP contribution >= 0.6 is 0 Å². The molecule has 3 atom stereocenters. The van der Waals surface area contributed by atoms with Crippen LogP contribution in [-0.2, 0) is 4.74 Å². The Bertz CT molecular complexity index is 370. The molecule has 2 aliphatic heterocycles. The highest BCUT2D eigenvalue weighted by Gasteiger charge is 2.35. The van der Waals surface area contributed by atoms with E-state index in [9.17, 15) is 5.11 Å². The second-order valence-electron chi connectivity index (χ2n) is 6.77. The largest absolute Gasteiger partial charge is 0.392 e. The van der Waals surface area contributed by atoms with Crippen LogP contribution in [-0.4, -0.2) is 63.0 Å². The van der Waals surface area contributed by atoms with Crippen molar-refractivity contribution in [1.82, 2.24) is 5.01 Å². The molecule has 114 valence electrons. The smallest absolute Gasteiger partial charge is 0.135 e. The second-order valence-corrected chi connectivity index (χ2v) is 12.4. The predicted molar refractivity (Wildman–Crippen MR) is 81.8 cm³/mol. The third-order valence-electron chi connectivity index (χ3n) is 3.83. The van der Waals surface area contributed by atoms with Gasteiger partial charge in [-0.05, 0) is 6.04 Å². The van der Waals surface area contributed by atoms with Crippen molar-refractivity contribution in [2.75, 3.05) is 26.4 Å². The average molecular weight is 298 g/mol. The third kappa shape index (κ3) is 4.36. The standard InChI is InChI=1S/C13H26N4O2Si/c1-20(2,3)7-6-19-10-17-12-9-15-14-8-11(12)13(18)4-5-16-17/h5,11-13,18H,4,6-10H2,1-3H3/t11-,12?,13?/m0/s1. The summed E-state index contributed by atoms with van der Waals surface area (Å²) in [5.74, 6) is 0.107. The number of hydrogen-bond acceptors (Lipinski definition) is 6. The summed E-state index contributed by atoms with van der Waals surface area (Å²) in [6.07, 6.45) is 1.99. The van der Waals surface area contributed by atoms with E-state index in [2.05, 4.69) is 35.0 Å². The van der Waals surface area contributed by atoms with Gasteiger partial charge < -0.3 is 9.84 Å². The highest BCUT2D eigenvalue weighted by atomic mass is 28.3. The quantitative estimate of drug-likeness (QED) is 0.621. The number of hydrazone groups is 1. The molecule has 0 radical (unpaired) electrons. The van der Waals surface area contributed by atoms with Crippen LogP contribution in [0.3, 0.4) is 0 Å². The van der Waals surface area contributed by atoms with Crippen LogP contribution in [0.25, 0.3) is 0 Å². The van der Waals surface area contributed by atoms with Crippen molar-refractivity contribution in [1.29, 1.82) is 0 Å². The van der Waals surface area contributed by atoms with E-state index in [4.69, 9.17) is 4.74 Å². The van der Waals surface area contributed by atoms with Gasteiger partial charge in [-0.1, -0.05) is 19.6 Å². The van der Waals surface area contributed by atoms with Crippen LogP contribution in [0.1, 0.15) is 6.42 Å². The average Bonchev–Trinajstić information content (AvgIpc) is 2.54. The van der Waals surface area contributed by atoms with Crippen molar-refractivity contribution in [3.05, 3.63) is 0 Å². The number of nitrogens with zero attached hydrogens (tertiary/aromatic N) is 4. The van der Waals surface area contributed by atoms with Gasteiger partial charge in [0.25, 0.3) is 0 Å². The summed E-state index contributed by atoms with van der Waals surface area (Å²) in [6.45, 7) is 9.46. The fourth-order valence-corrected chi connectivity index (χ4v) is 3.19. The van der Waals surface area contributed by atoms with Gasteiger partial charge in [0.2, 0.25) is 0 Å². The number of ether oxygens (including phenoxy) is 1. The van der Waals surface area contributed by atoms with Gasteiger partial charge in [0.15, 0.2) is 0 Å². The second kappa shape index (κ2) is 6.78. The van der Waals surface area contributed by atoms with E-state index in [1.807, 2.05) is 5.01 Å². The Morgan fingerprint density at radius 1 is 1.30 bits per heavy atom. The lowest BCUT2D eigenvalue weighted by atomic mass is 9.91. The molecule has 0 saturated heterocycles. The molecular weight excluding hydrogens is 272 g/mol. The minimum atomic E-state index is -1.05. The molecule has 0 fully saturated rings.